The third-order valence-corrected chi connectivity index (χ3v) is 7.57. The van der Waals surface area contributed by atoms with Crippen LogP contribution in [0, 0.1) is 12.7 Å². The van der Waals surface area contributed by atoms with Crippen molar-refractivity contribution >= 4 is 40.8 Å². The topological polar surface area (TPSA) is 104 Å². The Balaban J connectivity index is 1.17. The Morgan fingerprint density at radius 2 is 1.97 bits per heavy atom. The van der Waals surface area contributed by atoms with Gasteiger partial charge in [0, 0.05) is 24.0 Å². The van der Waals surface area contributed by atoms with Crippen LogP contribution in [0.1, 0.15) is 39.7 Å². The van der Waals surface area contributed by atoms with Gasteiger partial charge in [0.1, 0.15) is 5.69 Å². The number of hydrazine groups is 1. The third-order valence-electron chi connectivity index (χ3n) is 6.16. The first-order valence-corrected chi connectivity index (χ1v) is 13.0. The molecule has 3 aromatic rings. The number of rotatable bonds is 7. The smallest absolute Gasteiger partial charge is 0.288 e. The molecule has 11 heteroatoms. The lowest BCUT2D eigenvalue weighted by Crippen LogP contribution is -2.38. The van der Waals surface area contributed by atoms with E-state index in [4.69, 9.17) is 4.74 Å². The molecule has 0 saturated carbocycles. The summed E-state index contributed by atoms with van der Waals surface area (Å²) in [5.74, 6) is 0.498. The Hall–Kier alpha value is -3.44. The number of nitrogens with one attached hydrogen (secondary N) is 3. The molecule has 0 bridgehead atoms. The Morgan fingerprint density at radius 1 is 1.14 bits per heavy atom. The van der Waals surface area contributed by atoms with Gasteiger partial charge >= 0.3 is 0 Å². The van der Waals surface area contributed by atoms with Crippen LogP contribution < -0.4 is 21.1 Å². The number of anilines is 4. The fraction of sp³-hybridized carbons (Fsp3) is 0.360. The zero-order chi connectivity index (χ0) is 24.9. The van der Waals surface area contributed by atoms with Gasteiger partial charge in [-0.25, -0.2) is 14.4 Å². The second-order valence-electron chi connectivity index (χ2n) is 8.67. The van der Waals surface area contributed by atoms with Crippen LogP contribution in [0.5, 0.6) is 0 Å². The number of thioether (sulfide) groups is 1. The third kappa shape index (κ3) is 5.68. The van der Waals surface area contributed by atoms with Gasteiger partial charge in [0.15, 0.2) is 11.6 Å². The minimum atomic E-state index is -0.527. The molecule has 1 atom stereocenters. The van der Waals surface area contributed by atoms with E-state index in [1.807, 2.05) is 11.8 Å². The fourth-order valence-electron chi connectivity index (χ4n) is 4.30. The molecular formula is C25H28FN7O2S. The van der Waals surface area contributed by atoms with E-state index in [2.05, 4.69) is 56.2 Å². The van der Waals surface area contributed by atoms with Crippen LogP contribution in [0.25, 0.3) is 0 Å². The quantitative estimate of drug-likeness (QED) is 0.404. The Labute approximate surface area is 213 Å². The Kier molecular flexibility index (Phi) is 7.47. The lowest BCUT2D eigenvalue weighted by Gasteiger charge is -2.28. The monoisotopic (exact) mass is 509 g/mol. The van der Waals surface area contributed by atoms with Crippen molar-refractivity contribution in [3.8, 4) is 0 Å². The van der Waals surface area contributed by atoms with Gasteiger partial charge in [0.2, 0.25) is 5.95 Å². The molecule has 0 spiro atoms. The van der Waals surface area contributed by atoms with Gasteiger partial charge in [-0.3, -0.25) is 15.6 Å². The van der Waals surface area contributed by atoms with E-state index in [-0.39, 0.29) is 17.5 Å². The summed E-state index contributed by atoms with van der Waals surface area (Å²) in [6.45, 7) is 4.22. The van der Waals surface area contributed by atoms with Gasteiger partial charge in [-0.05, 0) is 60.9 Å². The molecule has 1 amide bonds. The standard InChI is InChI=1S/C25H28FN7O2S/c1-16-13-17(4-6-19(16)22-3-2-12-36-22)29-18-5-7-21(27-14-18)24(34)31-32-25-28-15-20(26)23(30-25)33-8-10-35-11-9-33/h4-7,13-15,22,29H,2-3,8-12H2,1H3,(H,31,34)(H,28,30,32). The number of amides is 1. The summed E-state index contributed by atoms with van der Waals surface area (Å²) >= 11 is 2.03. The lowest BCUT2D eigenvalue weighted by molar-refractivity contribution is 0.0957. The van der Waals surface area contributed by atoms with Crippen molar-refractivity contribution in [2.45, 2.75) is 25.0 Å². The highest BCUT2D eigenvalue weighted by molar-refractivity contribution is 7.99. The van der Waals surface area contributed by atoms with Gasteiger partial charge in [0.25, 0.3) is 5.91 Å². The number of hydrogen-bond donors (Lipinski definition) is 3. The number of pyridine rings is 1. The molecule has 0 radical (unpaired) electrons. The van der Waals surface area contributed by atoms with Crippen LogP contribution in [0.2, 0.25) is 0 Å². The molecule has 1 unspecified atom stereocenters. The number of halogens is 1. The van der Waals surface area contributed by atoms with Crippen molar-refractivity contribution in [1.82, 2.24) is 20.4 Å². The van der Waals surface area contributed by atoms with Gasteiger partial charge in [0.05, 0.1) is 31.3 Å². The molecule has 2 saturated heterocycles. The Morgan fingerprint density at radius 3 is 2.69 bits per heavy atom. The number of nitrogens with zero attached hydrogens (tertiary/aromatic N) is 4. The molecule has 2 aliphatic rings. The molecule has 36 heavy (non-hydrogen) atoms. The SMILES string of the molecule is Cc1cc(Nc2ccc(C(=O)NNc3ncc(F)c(N4CCOCC4)n3)nc2)ccc1C1CCCS1. The number of benzene rings is 1. The highest BCUT2D eigenvalue weighted by atomic mass is 32.2. The normalized spacial score (nSPS) is 17.6. The predicted octanol–water partition coefficient (Wildman–Crippen LogP) is 4.22. The van der Waals surface area contributed by atoms with Gasteiger partial charge < -0.3 is 15.0 Å². The predicted molar refractivity (Wildman–Crippen MR) is 139 cm³/mol. The number of aryl methyl sites for hydroxylation is 1. The molecular weight excluding hydrogens is 481 g/mol. The molecule has 2 aromatic heterocycles. The van der Waals surface area contributed by atoms with E-state index >= 15 is 0 Å². The largest absolute Gasteiger partial charge is 0.378 e. The number of aromatic nitrogens is 3. The molecule has 2 aliphatic heterocycles. The first kappa shape index (κ1) is 24.3. The van der Waals surface area contributed by atoms with Crippen molar-refractivity contribution in [3.63, 3.8) is 0 Å². The van der Waals surface area contributed by atoms with Crippen LogP contribution in [-0.4, -0.2) is 52.9 Å². The van der Waals surface area contributed by atoms with E-state index in [1.54, 1.807) is 23.2 Å². The summed E-state index contributed by atoms with van der Waals surface area (Å²) < 4.78 is 19.5. The maximum absolute atomic E-state index is 14.2. The summed E-state index contributed by atoms with van der Waals surface area (Å²) in [5, 5.41) is 3.94. The molecule has 1 aromatic carbocycles. The molecule has 3 N–H and O–H groups in total. The lowest BCUT2D eigenvalue weighted by atomic mass is 10.0. The van der Waals surface area contributed by atoms with E-state index < -0.39 is 11.7 Å². The van der Waals surface area contributed by atoms with E-state index in [0.29, 0.717) is 31.6 Å². The van der Waals surface area contributed by atoms with E-state index in [1.165, 1.54) is 29.7 Å². The molecule has 9 nitrogen and oxygen atoms in total. The molecule has 0 aliphatic carbocycles. The summed E-state index contributed by atoms with van der Waals surface area (Å²) in [6, 6.07) is 9.85. The first-order valence-electron chi connectivity index (χ1n) is 11.9. The average molecular weight is 510 g/mol. The summed E-state index contributed by atoms with van der Waals surface area (Å²) in [4.78, 5) is 26.7. The van der Waals surface area contributed by atoms with Crippen LogP contribution in [0.15, 0.2) is 42.7 Å². The zero-order valence-corrected chi connectivity index (χ0v) is 20.8. The maximum atomic E-state index is 14.2. The number of carbonyl (C=O) groups is 1. The van der Waals surface area contributed by atoms with E-state index in [0.717, 1.165) is 17.6 Å². The highest BCUT2D eigenvalue weighted by Gasteiger charge is 2.20. The van der Waals surface area contributed by atoms with Crippen molar-refractivity contribution in [2.24, 2.45) is 0 Å². The fourth-order valence-corrected chi connectivity index (χ4v) is 5.69. The summed E-state index contributed by atoms with van der Waals surface area (Å²) in [7, 11) is 0. The highest BCUT2D eigenvalue weighted by Crippen LogP contribution is 2.41. The van der Waals surface area contributed by atoms with Crippen LogP contribution in [0.3, 0.4) is 0 Å². The molecule has 4 heterocycles. The van der Waals surface area contributed by atoms with Crippen LogP contribution in [-0.2, 0) is 4.74 Å². The van der Waals surface area contributed by atoms with Crippen LogP contribution >= 0.6 is 11.8 Å². The second kappa shape index (κ2) is 11.1. The second-order valence-corrected chi connectivity index (χ2v) is 9.98. The van der Waals surface area contributed by atoms with Gasteiger partial charge in [-0.2, -0.15) is 16.7 Å². The van der Waals surface area contributed by atoms with Crippen LogP contribution in [0.4, 0.5) is 27.5 Å². The van der Waals surface area contributed by atoms with Crippen molar-refractivity contribution in [1.29, 1.82) is 0 Å². The number of morpholine rings is 1. The van der Waals surface area contributed by atoms with Crippen molar-refractivity contribution in [3.05, 3.63) is 65.4 Å². The Bertz CT molecular complexity index is 1220. The van der Waals surface area contributed by atoms with Gasteiger partial charge in [-0.1, -0.05) is 6.07 Å². The molecule has 2 fully saturated rings. The zero-order valence-electron chi connectivity index (χ0n) is 20.0. The average Bonchev–Trinajstić information content (AvgIpc) is 3.44. The number of hydrogen-bond acceptors (Lipinski definition) is 9. The van der Waals surface area contributed by atoms with Crippen molar-refractivity contribution in [2.75, 3.05) is 47.7 Å². The molecule has 5 rings (SSSR count). The minimum Gasteiger partial charge on any atom is -0.378 e. The van der Waals surface area contributed by atoms with Gasteiger partial charge in [-0.15, -0.1) is 0 Å². The van der Waals surface area contributed by atoms with E-state index in [9.17, 15) is 9.18 Å². The summed E-state index contributed by atoms with van der Waals surface area (Å²) in [5.41, 5.74) is 9.79. The first-order chi connectivity index (χ1) is 17.6. The summed E-state index contributed by atoms with van der Waals surface area (Å²) in [6.07, 6.45) is 5.20. The molecule has 188 valence electrons. The maximum Gasteiger partial charge on any atom is 0.288 e. The minimum absolute atomic E-state index is 0.0827. The van der Waals surface area contributed by atoms with Crippen molar-refractivity contribution < 1.29 is 13.9 Å². The number of ether oxygens (including phenoxy) is 1. The number of carbonyl (C=O) groups excluding carboxylic acids is 1.